The van der Waals surface area contributed by atoms with E-state index in [0.717, 1.165) is 22.3 Å². The third-order valence-corrected chi connectivity index (χ3v) is 4.99. The number of phenols is 1. The molecule has 152 valence electrons. The third kappa shape index (κ3) is 3.63. The second-order valence-electron chi connectivity index (χ2n) is 6.96. The molecule has 0 saturated heterocycles. The highest BCUT2D eigenvalue weighted by Crippen LogP contribution is 2.43. The van der Waals surface area contributed by atoms with E-state index >= 15 is 0 Å². The predicted octanol–water partition coefficient (Wildman–Crippen LogP) is 2.92. The minimum atomic E-state index is -1.07. The normalized spacial score (nSPS) is 14.8. The van der Waals surface area contributed by atoms with Gasteiger partial charge in [-0.2, -0.15) is 0 Å². The molecular formula is C23H20N2O5. The molecule has 2 aromatic rings. The molecular weight excluding hydrogens is 384 g/mol. The summed E-state index contributed by atoms with van der Waals surface area (Å²) in [5, 5.41) is 19.8. The van der Waals surface area contributed by atoms with Gasteiger partial charge in [-0.05, 0) is 76.8 Å². The topological polar surface area (TPSA) is 108 Å². The van der Waals surface area contributed by atoms with Gasteiger partial charge in [0.25, 0.3) is 0 Å². The summed E-state index contributed by atoms with van der Waals surface area (Å²) in [6, 6.07) is 9.69. The summed E-state index contributed by atoms with van der Waals surface area (Å²) in [6.45, 7) is 2.54. The number of nitrogens with one attached hydrogen (secondary N) is 2. The molecule has 30 heavy (non-hydrogen) atoms. The van der Waals surface area contributed by atoms with Crippen LogP contribution in [0.2, 0.25) is 0 Å². The highest BCUT2D eigenvalue weighted by atomic mass is 16.7. The van der Waals surface area contributed by atoms with Gasteiger partial charge in [0.05, 0.1) is 5.56 Å². The maximum Gasteiger partial charge on any atom is 0.336 e. The van der Waals surface area contributed by atoms with Gasteiger partial charge in [0.1, 0.15) is 11.5 Å². The van der Waals surface area contributed by atoms with E-state index in [1.54, 1.807) is 42.5 Å². The number of fused-ring (bicyclic) bond motifs is 2. The summed E-state index contributed by atoms with van der Waals surface area (Å²) < 4.78 is 0. The quantitative estimate of drug-likeness (QED) is 0.433. The molecule has 0 saturated carbocycles. The molecule has 0 atom stereocenters. The van der Waals surface area contributed by atoms with E-state index in [0.29, 0.717) is 29.9 Å². The first-order chi connectivity index (χ1) is 14.5. The monoisotopic (exact) mass is 404 g/mol. The molecule has 0 radical (unpaired) electrons. The van der Waals surface area contributed by atoms with E-state index in [4.69, 9.17) is 4.84 Å². The van der Waals surface area contributed by atoms with Crippen LogP contribution in [0.3, 0.4) is 0 Å². The minimum Gasteiger partial charge on any atom is -0.508 e. The molecule has 4 N–H and O–H groups in total. The minimum absolute atomic E-state index is 0.110. The van der Waals surface area contributed by atoms with Crippen LogP contribution in [0.15, 0.2) is 65.8 Å². The van der Waals surface area contributed by atoms with Crippen LogP contribution in [0.1, 0.15) is 34.0 Å². The van der Waals surface area contributed by atoms with Crippen molar-refractivity contribution in [3.05, 3.63) is 88.0 Å². The van der Waals surface area contributed by atoms with Crippen molar-refractivity contribution in [2.45, 2.75) is 13.3 Å². The van der Waals surface area contributed by atoms with Crippen molar-refractivity contribution in [1.29, 1.82) is 0 Å². The number of phenolic OH excluding ortho intramolecular Hbond substituents is 1. The third-order valence-electron chi connectivity index (χ3n) is 4.99. The maximum atomic E-state index is 12.0. The molecule has 0 spiro atoms. The highest BCUT2D eigenvalue weighted by molar-refractivity contribution is 6.06. The van der Waals surface area contributed by atoms with Crippen LogP contribution in [0.25, 0.3) is 5.57 Å². The molecule has 0 bridgehead atoms. The van der Waals surface area contributed by atoms with E-state index in [9.17, 15) is 19.8 Å². The fourth-order valence-electron chi connectivity index (χ4n) is 3.72. The highest BCUT2D eigenvalue weighted by Gasteiger charge is 2.28. The van der Waals surface area contributed by atoms with Gasteiger partial charge in [0, 0.05) is 12.1 Å². The molecule has 7 nitrogen and oxygen atoms in total. The van der Waals surface area contributed by atoms with E-state index in [2.05, 4.69) is 11.0 Å². The lowest BCUT2D eigenvalue weighted by molar-refractivity contribution is -0.110. The average molecular weight is 404 g/mol. The van der Waals surface area contributed by atoms with E-state index in [1.807, 2.05) is 6.92 Å². The number of ketones is 1. The van der Waals surface area contributed by atoms with Crippen molar-refractivity contribution < 1.29 is 24.6 Å². The van der Waals surface area contributed by atoms with Gasteiger partial charge >= 0.3 is 5.97 Å². The van der Waals surface area contributed by atoms with Crippen molar-refractivity contribution in [2.24, 2.45) is 0 Å². The Kier molecular flexibility index (Phi) is 5.22. The second kappa shape index (κ2) is 7.98. The Bertz CT molecular complexity index is 1140. The first-order valence-electron chi connectivity index (χ1n) is 9.50. The lowest BCUT2D eigenvalue weighted by Crippen LogP contribution is -2.34. The number of hydrogen-bond donors (Lipinski definition) is 4. The molecule has 2 aliphatic rings. The number of hydrazine groups is 1. The van der Waals surface area contributed by atoms with Gasteiger partial charge in [-0.1, -0.05) is 24.7 Å². The number of benzene rings is 2. The Balaban J connectivity index is 1.95. The van der Waals surface area contributed by atoms with Gasteiger partial charge in [0.2, 0.25) is 0 Å². The smallest absolute Gasteiger partial charge is 0.336 e. The Hall–Kier alpha value is -3.68. The fourth-order valence-corrected chi connectivity index (χ4v) is 3.72. The molecule has 2 aromatic carbocycles. The molecule has 0 heterocycles. The number of carbonyl (C=O) groups is 2. The van der Waals surface area contributed by atoms with Gasteiger partial charge < -0.3 is 15.1 Å². The number of carboxylic acids is 1. The van der Waals surface area contributed by atoms with Gasteiger partial charge in [-0.15, -0.1) is 0 Å². The van der Waals surface area contributed by atoms with Crippen LogP contribution in [0.4, 0.5) is 0 Å². The Morgan fingerprint density at radius 3 is 2.73 bits per heavy atom. The molecule has 0 aliphatic heterocycles. The van der Waals surface area contributed by atoms with Crippen LogP contribution in [-0.4, -0.2) is 28.5 Å². The number of hydrogen-bond acceptors (Lipinski definition) is 6. The number of aromatic hydroxyl groups is 1. The summed E-state index contributed by atoms with van der Waals surface area (Å²) >= 11 is 0. The van der Waals surface area contributed by atoms with Crippen molar-refractivity contribution in [2.75, 3.05) is 6.54 Å². The Morgan fingerprint density at radius 2 is 1.97 bits per heavy atom. The largest absolute Gasteiger partial charge is 0.508 e. The molecule has 0 amide bonds. The van der Waals surface area contributed by atoms with Crippen LogP contribution < -0.4 is 15.9 Å². The van der Waals surface area contributed by atoms with E-state index < -0.39 is 5.97 Å². The molecule has 0 fully saturated rings. The molecule has 0 unspecified atom stereocenters. The van der Waals surface area contributed by atoms with Crippen molar-refractivity contribution >= 4 is 17.3 Å². The predicted molar refractivity (Wildman–Crippen MR) is 111 cm³/mol. The maximum absolute atomic E-state index is 12.0. The first kappa shape index (κ1) is 19.6. The lowest BCUT2D eigenvalue weighted by atomic mass is 9.76. The van der Waals surface area contributed by atoms with Crippen molar-refractivity contribution in [3.8, 4) is 11.5 Å². The Labute approximate surface area is 172 Å². The van der Waals surface area contributed by atoms with Crippen molar-refractivity contribution in [3.63, 3.8) is 0 Å². The number of carboxylic acid groups (broad SMARTS) is 1. The zero-order valence-corrected chi connectivity index (χ0v) is 16.2. The van der Waals surface area contributed by atoms with Gasteiger partial charge in [0.15, 0.2) is 5.78 Å². The van der Waals surface area contributed by atoms with E-state index in [1.165, 1.54) is 12.1 Å². The summed E-state index contributed by atoms with van der Waals surface area (Å²) in [5.41, 5.74) is 9.86. The van der Waals surface area contributed by atoms with E-state index in [-0.39, 0.29) is 17.1 Å². The Morgan fingerprint density at radius 1 is 1.13 bits per heavy atom. The lowest BCUT2D eigenvalue weighted by Gasteiger charge is -2.27. The van der Waals surface area contributed by atoms with Gasteiger partial charge in [-0.3, -0.25) is 4.79 Å². The molecule has 0 aromatic heterocycles. The van der Waals surface area contributed by atoms with Crippen LogP contribution in [0, 0.1) is 0 Å². The van der Waals surface area contributed by atoms with Crippen LogP contribution in [-0.2, 0) is 11.2 Å². The molecule has 2 aliphatic carbocycles. The van der Waals surface area contributed by atoms with Crippen LogP contribution >= 0.6 is 0 Å². The van der Waals surface area contributed by atoms with Crippen LogP contribution in [0.5, 0.6) is 11.5 Å². The first-order valence-corrected chi connectivity index (χ1v) is 9.50. The SMILES string of the molecule is CCNNOc1ccc(C(=O)O)c(C2=C3C=CC(=O)C=C3Cc3cc(O)ccc32)c1. The summed E-state index contributed by atoms with van der Waals surface area (Å²) in [5.74, 6) is -0.657. The van der Waals surface area contributed by atoms with Crippen molar-refractivity contribution in [1.82, 2.24) is 11.0 Å². The number of allylic oxidation sites excluding steroid dienone is 5. The zero-order valence-electron chi connectivity index (χ0n) is 16.2. The van der Waals surface area contributed by atoms with Gasteiger partial charge in [-0.25, -0.2) is 10.2 Å². The fraction of sp³-hybridized carbons (Fsp3) is 0.130. The number of carbonyl (C=O) groups excluding carboxylic acids is 1. The second-order valence-corrected chi connectivity index (χ2v) is 6.96. The number of rotatable bonds is 6. The average Bonchev–Trinajstić information content (AvgIpc) is 2.71. The molecule has 7 heteroatoms. The number of aromatic carboxylic acids is 1. The molecule has 4 rings (SSSR count). The zero-order chi connectivity index (χ0) is 21.3. The summed E-state index contributed by atoms with van der Waals surface area (Å²) in [7, 11) is 0. The summed E-state index contributed by atoms with van der Waals surface area (Å²) in [6.07, 6.45) is 5.21. The standard InChI is InChI=1S/C23H20N2O5/c1-2-24-25-30-17-5-8-20(23(28)29)21(12-17)22-18-6-3-15(26)10-13(18)9-14-11-16(27)4-7-19(14)22/h3-8,10-12,24-26H,2,9H2,1H3,(H,28,29). The summed E-state index contributed by atoms with van der Waals surface area (Å²) in [4.78, 5) is 29.4.